The minimum absolute atomic E-state index is 0.202. The van der Waals surface area contributed by atoms with Crippen LogP contribution in [-0.2, 0) is 10.5 Å². The van der Waals surface area contributed by atoms with E-state index in [0.29, 0.717) is 5.75 Å². The number of para-hydroxylation sites is 1. The fourth-order valence-corrected chi connectivity index (χ4v) is 3.08. The van der Waals surface area contributed by atoms with Gasteiger partial charge in [0.2, 0.25) is 5.91 Å². The summed E-state index contributed by atoms with van der Waals surface area (Å²) in [6, 6.07) is 11.8. The Morgan fingerprint density at radius 1 is 1.32 bits per heavy atom. The molecule has 0 saturated carbocycles. The molecule has 0 aliphatic heterocycles. The number of thioether (sulfide) groups is 1. The van der Waals surface area contributed by atoms with Crippen LogP contribution in [0.25, 0.3) is 0 Å². The molecule has 1 N–H and O–H groups in total. The maximum Gasteiger partial charge on any atom is 0.234 e. The van der Waals surface area contributed by atoms with E-state index in [4.69, 9.17) is 4.74 Å². The quantitative estimate of drug-likeness (QED) is 0.799. The predicted molar refractivity (Wildman–Crippen MR) is 91.9 cm³/mol. The van der Waals surface area contributed by atoms with Crippen molar-refractivity contribution >= 4 is 39.3 Å². The highest BCUT2D eigenvalue weighted by Crippen LogP contribution is 2.26. The lowest BCUT2D eigenvalue weighted by Gasteiger charge is -2.09. The summed E-state index contributed by atoms with van der Waals surface area (Å²) in [5.74, 6) is 0.987. The lowest BCUT2D eigenvalue weighted by Crippen LogP contribution is -2.15. The van der Waals surface area contributed by atoms with E-state index in [1.165, 1.54) is 23.9 Å². The molecular weight excluding hydrogens is 369 g/mol. The summed E-state index contributed by atoms with van der Waals surface area (Å²) in [6.45, 7) is 0. The Hall–Kier alpha value is -1.53. The number of amides is 1. The van der Waals surface area contributed by atoms with Crippen molar-refractivity contribution < 1.29 is 13.9 Å². The Labute approximate surface area is 141 Å². The number of hydrogen-bond donors (Lipinski definition) is 1. The van der Waals surface area contributed by atoms with Gasteiger partial charge < -0.3 is 10.1 Å². The first-order valence-electron chi connectivity index (χ1n) is 6.54. The molecule has 0 aliphatic rings. The molecule has 0 aliphatic carbocycles. The van der Waals surface area contributed by atoms with Gasteiger partial charge in [0.15, 0.2) is 0 Å². The maximum absolute atomic E-state index is 13.4. The van der Waals surface area contributed by atoms with E-state index in [0.717, 1.165) is 15.8 Å². The van der Waals surface area contributed by atoms with Crippen LogP contribution in [0, 0.1) is 5.82 Å². The molecule has 22 heavy (non-hydrogen) atoms. The van der Waals surface area contributed by atoms with E-state index < -0.39 is 5.82 Å². The molecule has 6 heteroatoms. The molecule has 0 spiro atoms. The van der Waals surface area contributed by atoms with Crippen LogP contribution in [0.3, 0.4) is 0 Å². The molecule has 116 valence electrons. The third kappa shape index (κ3) is 4.74. The number of ether oxygens (including phenoxy) is 1. The minimum Gasteiger partial charge on any atom is -0.496 e. The second-order valence-corrected chi connectivity index (χ2v) is 6.38. The van der Waals surface area contributed by atoms with Crippen LogP contribution >= 0.6 is 27.7 Å². The van der Waals surface area contributed by atoms with Crippen LogP contribution < -0.4 is 10.1 Å². The van der Waals surface area contributed by atoms with Crippen molar-refractivity contribution in [3.63, 3.8) is 0 Å². The Balaban J connectivity index is 1.87. The summed E-state index contributed by atoms with van der Waals surface area (Å²) in [6.07, 6.45) is 0. The zero-order chi connectivity index (χ0) is 15.9. The van der Waals surface area contributed by atoms with Gasteiger partial charge in [0, 0.05) is 15.8 Å². The van der Waals surface area contributed by atoms with Crippen molar-refractivity contribution in [3.8, 4) is 5.75 Å². The molecule has 0 heterocycles. The number of hydrogen-bond acceptors (Lipinski definition) is 3. The smallest absolute Gasteiger partial charge is 0.234 e. The maximum atomic E-state index is 13.4. The normalized spacial score (nSPS) is 10.3. The van der Waals surface area contributed by atoms with Gasteiger partial charge in [0.1, 0.15) is 11.6 Å². The van der Waals surface area contributed by atoms with Crippen LogP contribution in [0.5, 0.6) is 5.75 Å². The molecule has 0 unspecified atom stereocenters. The van der Waals surface area contributed by atoms with Crippen LogP contribution in [0.4, 0.5) is 10.1 Å². The number of carbonyl (C=O) groups excluding carboxylic acids is 1. The minimum atomic E-state index is -0.436. The third-order valence-electron chi connectivity index (χ3n) is 2.88. The molecule has 0 aromatic heterocycles. The zero-order valence-corrected chi connectivity index (χ0v) is 14.3. The third-order valence-corrected chi connectivity index (χ3v) is 4.36. The summed E-state index contributed by atoms with van der Waals surface area (Å²) in [5.41, 5.74) is 1.20. The number of methoxy groups -OCH3 is 1. The van der Waals surface area contributed by atoms with Crippen LogP contribution in [-0.4, -0.2) is 18.8 Å². The highest BCUT2D eigenvalue weighted by molar-refractivity contribution is 9.10. The zero-order valence-electron chi connectivity index (χ0n) is 11.9. The summed E-state index contributed by atoms with van der Waals surface area (Å²) in [7, 11) is 1.61. The van der Waals surface area contributed by atoms with Gasteiger partial charge in [-0.2, -0.15) is 0 Å². The number of nitrogens with one attached hydrogen (secondary N) is 1. The lowest BCUT2D eigenvalue weighted by atomic mass is 10.2. The molecule has 2 aromatic rings. The number of carbonyl (C=O) groups is 1. The summed E-state index contributed by atoms with van der Waals surface area (Å²) in [5, 5.41) is 2.56. The predicted octanol–water partition coefficient (Wildman–Crippen LogP) is 4.47. The van der Waals surface area contributed by atoms with Crippen LogP contribution in [0.1, 0.15) is 5.56 Å². The first kappa shape index (κ1) is 16.8. The van der Waals surface area contributed by atoms with E-state index in [-0.39, 0.29) is 17.3 Å². The lowest BCUT2D eigenvalue weighted by molar-refractivity contribution is -0.113. The largest absolute Gasteiger partial charge is 0.496 e. The van der Waals surface area contributed by atoms with Crippen molar-refractivity contribution in [1.29, 1.82) is 0 Å². The Bertz CT molecular complexity index is 666. The van der Waals surface area contributed by atoms with Gasteiger partial charge in [0.25, 0.3) is 0 Å². The Morgan fingerprint density at radius 3 is 2.82 bits per heavy atom. The van der Waals surface area contributed by atoms with Crippen molar-refractivity contribution in [1.82, 2.24) is 0 Å². The molecule has 0 fully saturated rings. The standard InChI is InChI=1S/C16H15BrFNO2S/c1-21-15-7-6-12(17)8-11(15)9-22-10-16(20)19-14-5-3-2-4-13(14)18/h2-8H,9-10H2,1H3,(H,19,20). The molecule has 0 saturated heterocycles. The second-order valence-electron chi connectivity index (χ2n) is 4.48. The molecule has 0 radical (unpaired) electrons. The van der Waals surface area contributed by atoms with E-state index in [9.17, 15) is 9.18 Å². The average Bonchev–Trinajstić information content (AvgIpc) is 2.50. The summed E-state index contributed by atoms with van der Waals surface area (Å²) >= 11 is 4.86. The second kappa shape index (κ2) is 8.19. The van der Waals surface area contributed by atoms with Gasteiger partial charge in [-0.15, -0.1) is 11.8 Å². The molecule has 3 nitrogen and oxygen atoms in total. The number of benzene rings is 2. The SMILES string of the molecule is COc1ccc(Br)cc1CSCC(=O)Nc1ccccc1F. The Kier molecular flexibility index (Phi) is 6.27. The fourth-order valence-electron chi connectivity index (χ4n) is 1.86. The number of halogens is 2. The van der Waals surface area contributed by atoms with Crippen molar-refractivity contribution in [2.75, 3.05) is 18.2 Å². The molecule has 1 amide bonds. The average molecular weight is 384 g/mol. The van der Waals surface area contributed by atoms with Gasteiger partial charge in [0.05, 0.1) is 18.6 Å². The Morgan fingerprint density at radius 2 is 2.09 bits per heavy atom. The van der Waals surface area contributed by atoms with E-state index in [2.05, 4.69) is 21.2 Å². The van der Waals surface area contributed by atoms with Crippen LogP contribution in [0.2, 0.25) is 0 Å². The number of anilines is 1. The molecule has 2 aromatic carbocycles. The number of rotatable bonds is 6. The first-order chi connectivity index (χ1) is 10.6. The molecule has 2 rings (SSSR count). The van der Waals surface area contributed by atoms with E-state index in [1.54, 1.807) is 19.2 Å². The van der Waals surface area contributed by atoms with Crippen molar-refractivity contribution in [3.05, 3.63) is 58.3 Å². The van der Waals surface area contributed by atoms with E-state index in [1.807, 2.05) is 18.2 Å². The van der Waals surface area contributed by atoms with Crippen molar-refractivity contribution in [2.45, 2.75) is 5.75 Å². The van der Waals surface area contributed by atoms with E-state index >= 15 is 0 Å². The van der Waals surface area contributed by atoms with Gasteiger partial charge in [-0.05, 0) is 30.3 Å². The molecular formula is C16H15BrFNO2S. The van der Waals surface area contributed by atoms with Gasteiger partial charge in [-0.25, -0.2) is 4.39 Å². The van der Waals surface area contributed by atoms with Crippen LogP contribution in [0.15, 0.2) is 46.9 Å². The van der Waals surface area contributed by atoms with Gasteiger partial charge in [-0.3, -0.25) is 4.79 Å². The highest BCUT2D eigenvalue weighted by Gasteiger charge is 2.08. The molecule has 0 atom stereocenters. The fraction of sp³-hybridized carbons (Fsp3) is 0.188. The summed E-state index contributed by atoms with van der Waals surface area (Å²) < 4.78 is 19.7. The first-order valence-corrected chi connectivity index (χ1v) is 8.49. The monoisotopic (exact) mass is 383 g/mol. The summed E-state index contributed by atoms with van der Waals surface area (Å²) in [4.78, 5) is 11.8. The van der Waals surface area contributed by atoms with Gasteiger partial charge in [-0.1, -0.05) is 28.1 Å². The van der Waals surface area contributed by atoms with Gasteiger partial charge >= 0.3 is 0 Å². The highest BCUT2D eigenvalue weighted by atomic mass is 79.9. The molecule has 0 bridgehead atoms. The topological polar surface area (TPSA) is 38.3 Å². The van der Waals surface area contributed by atoms with Crippen molar-refractivity contribution in [2.24, 2.45) is 0 Å².